The Morgan fingerprint density at radius 2 is 1.83 bits per heavy atom. The van der Waals surface area contributed by atoms with Crippen molar-refractivity contribution in [3.63, 3.8) is 0 Å². The van der Waals surface area contributed by atoms with Gasteiger partial charge in [-0.05, 0) is 20.3 Å². The largest absolute Gasteiger partial charge is 0.230 e. The Balaban J connectivity index is 3.17. The topological polar surface area (TPSA) is 19.9 Å². The summed E-state index contributed by atoms with van der Waals surface area (Å²) in [6.45, 7) is 6.69. The standard InChI is InChI=1S/C5H10O/c1-4-5(2,3)6/h1,4H2,2-3H3. The van der Waals surface area contributed by atoms with E-state index in [1.807, 2.05) is 0 Å². The van der Waals surface area contributed by atoms with Crippen LogP contribution < -0.4 is 0 Å². The Labute approximate surface area is 39.0 Å². The summed E-state index contributed by atoms with van der Waals surface area (Å²) >= 11 is 0. The van der Waals surface area contributed by atoms with Crippen LogP contribution in [0.2, 0.25) is 0 Å². The Morgan fingerprint density at radius 1 is 1.67 bits per heavy atom. The quantitative estimate of drug-likeness (QED) is 0.460. The van der Waals surface area contributed by atoms with Gasteiger partial charge in [0.2, 0.25) is 0 Å². The second-order valence-electron chi connectivity index (χ2n) is 2.01. The van der Waals surface area contributed by atoms with Crippen molar-refractivity contribution in [3.8, 4) is 0 Å². The van der Waals surface area contributed by atoms with E-state index in [2.05, 4.69) is 6.92 Å². The van der Waals surface area contributed by atoms with Crippen molar-refractivity contribution in [2.24, 2.45) is 0 Å². The SMILES string of the molecule is [CH2]CC(C)(C)[O]. The van der Waals surface area contributed by atoms with E-state index in [0.29, 0.717) is 6.42 Å². The lowest BCUT2D eigenvalue weighted by Crippen LogP contribution is -2.13. The summed E-state index contributed by atoms with van der Waals surface area (Å²) < 4.78 is 0. The van der Waals surface area contributed by atoms with Crippen LogP contribution >= 0.6 is 0 Å². The van der Waals surface area contributed by atoms with Gasteiger partial charge in [0.15, 0.2) is 0 Å². The van der Waals surface area contributed by atoms with Crippen LogP contribution in [0.5, 0.6) is 0 Å². The van der Waals surface area contributed by atoms with Gasteiger partial charge in [0.25, 0.3) is 0 Å². The second kappa shape index (κ2) is 1.61. The minimum Gasteiger partial charge on any atom is -0.230 e. The van der Waals surface area contributed by atoms with Gasteiger partial charge in [0.05, 0.1) is 5.60 Å². The van der Waals surface area contributed by atoms with Gasteiger partial charge < -0.3 is 0 Å². The van der Waals surface area contributed by atoms with Crippen molar-refractivity contribution in [1.82, 2.24) is 0 Å². The Kier molecular flexibility index (Phi) is 1.59. The van der Waals surface area contributed by atoms with E-state index in [1.54, 1.807) is 13.8 Å². The van der Waals surface area contributed by atoms with Crippen molar-refractivity contribution in [1.29, 1.82) is 0 Å². The highest BCUT2D eigenvalue weighted by atomic mass is 16.3. The van der Waals surface area contributed by atoms with Gasteiger partial charge >= 0.3 is 0 Å². The van der Waals surface area contributed by atoms with Gasteiger partial charge in [-0.1, -0.05) is 6.92 Å². The number of hydrogen-bond donors (Lipinski definition) is 0. The van der Waals surface area contributed by atoms with Crippen molar-refractivity contribution >= 4 is 0 Å². The van der Waals surface area contributed by atoms with E-state index < -0.39 is 5.60 Å². The molecule has 0 rings (SSSR count). The van der Waals surface area contributed by atoms with Crippen molar-refractivity contribution in [2.75, 3.05) is 0 Å². The first-order valence-corrected chi connectivity index (χ1v) is 2.06. The molecule has 0 amide bonds. The van der Waals surface area contributed by atoms with Crippen LogP contribution in [0.25, 0.3) is 0 Å². The summed E-state index contributed by atoms with van der Waals surface area (Å²) in [4.78, 5) is 0. The second-order valence-corrected chi connectivity index (χ2v) is 2.01. The Morgan fingerprint density at radius 3 is 1.83 bits per heavy atom. The Bertz CT molecular complexity index is 33.7. The lowest BCUT2D eigenvalue weighted by Gasteiger charge is -2.07. The summed E-state index contributed by atoms with van der Waals surface area (Å²) in [6.07, 6.45) is 0.465. The molecule has 0 fully saturated rings. The predicted octanol–water partition coefficient (Wildman–Crippen LogP) is 1.42. The van der Waals surface area contributed by atoms with Crippen molar-refractivity contribution < 1.29 is 5.11 Å². The zero-order valence-electron chi connectivity index (χ0n) is 4.32. The van der Waals surface area contributed by atoms with Gasteiger partial charge in [-0.25, -0.2) is 5.11 Å². The van der Waals surface area contributed by atoms with Crippen LogP contribution in [0.4, 0.5) is 0 Å². The van der Waals surface area contributed by atoms with E-state index in [4.69, 9.17) is 0 Å². The van der Waals surface area contributed by atoms with Crippen LogP contribution in [0.15, 0.2) is 0 Å². The molecule has 2 radical (unpaired) electrons. The molecule has 0 unspecified atom stereocenters. The molecule has 0 aromatic rings. The van der Waals surface area contributed by atoms with E-state index >= 15 is 0 Å². The maximum atomic E-state index is 10.4. The van der Waals surface area contributed by atoms with Crippen LogP contribution in [0.1, 0.15) is 20.3 Å². The van der Waals surface area contributed by atoms with Gasteiger partial charge in [-0.15, -0.1) is 0 Å². The molecule has 0 heterocycles. The molecule has 0 atom stereocenters. The molecule has 0 aliphatic rings. The summed E-state index contributed by atoms with van der Waals surface area (Å²) in [5.74, 6) is 0. The molecule has 0 aliphatic heterocycles. The van der Waals surface area contributed by atoms with Crippen molar-refractivity contribution in [3.05, 3.63) is 6.92 Å². The molecule has 0 saturated heterocycles. The molecule has 0 spiro atoms. The average molecular weight is 86.1 g/mol. The lowest BCUT2D eigenvalue weighted by molar-refractivity contribution is 0.00651. The summed E-state index contributed by atoms with van der Waals surface area (Å²) in [5, 5.41) is 10.4. The van der Waals surface area contributed by atoms with Crippen LogP contribution in [0.3, 0.4) is 0 Å². The molecule has 36 valence electrons. The molecule has 0 aliphatic carbocycles. The lowest BCUT2D eigenvalue weighted by atomic mass is 10.1. The van der Waals surface area contributed by atoms with E-state index in [0.717, 1.165) is 0 Å². The fourth-order valence-corrected chi connectivity index (χ4v) is 0. The summed E-state index contributed by atoms with van der Waals surface area (Å²) in [7, 11) is 0. The first kappa shape index (κ1) is 5.96. The molecule has 0 bridgehead atoms. The summed E-state index contributed by atoms with van der Waals surface area (Å²) in [5.41, 5.74) is -0.819. The molecular weight excluding hydrogens is 76.1 g/mol. The normalized spacial score (nSPS) is 12.0. The van der Waals surface area contributed by atoms with Crippen LogP contribution in [-0.2, 0) is 5.11 Å². The Hall–Kier alpha value is -0.0400. The monoisotopic (exact) mass is 86.1 g/mol. The highest BCUT2D eigenvalue weighted by Gasteiger charge is 2.09. The molecular formula is C5H10O. The maximum Gasteiger partial charge on any atom is 0.0980 e. The van der Waals surface area contributed by atoms with Gasteiger partial charge in [-0.2, -0.15) is 0 Å². The zero-order valence-corrected chi connectivity index (χ0v) is 4.32. The van der Waals surface area contributed by atoms with Crippen LogP contribution in [-0.4, -0.2) is 5.60 Å². The zero-order chi connectivity index (χ0) is 5.21. The molecule has 0 N–H and O–H groups in total. The number of hydrogen-bond acceptors (Lipinski definition) is 0. The smallest absolute Gasteiger partial charge is 0.0980 e. The predicted molar refractivity (Wildman–Crippen MR) is 24.7 cm³/mol. The molecule has 0 saturated carbocycles. The van der Waals surface area contributed by atoms with Crippen LogP contribution in [0, 0.1) is 6.92 Å². The van der Waals surface area contributed by atoms with Gasteiger partial charge in [0.1, 0.15) is 0 Å². The molecule has 6 heavy (non-hydrogen) atoms. The van der Waals surface area contributed by atoms with E-state index in [9.17, 15) is 5.11 Å². The minimum atomic E-state index is -0.819. The fourth-order valence-electron chi connectivity index (χ4n) is 0. The number of rotatable bonds is 1. The fraction of sp³-hybridized carbons (Fsp3) is 0.800. The average Bonchev–Trinajstić information content (AvgIpc) is 1.35. The minimum absolute atomic E-state index is 0.465. The molecule has 0 aromatic carbocycles. The molecule has 1 heteroatoms. The van der Waals surface area contributed by atoms with Gasteiger partial charge in [0, 0.05) is 0 Å². The first-order valence-electron chi connectivity index (χ1n) is 2.06. The summed E-state index contributed by atoms with van der Waals surface area (Å²) in [6, 6.07) is 0. The molecule has 1 nitrogen and oxygen atoms in total. The highest BCUT2D eigenvalue weighted by Crippen LogP contribution is 2.04. The maximum absolute atomic E-state index is 10.4. The van der Waals surface area contributed by atoms with E-state index in [-0.39, 0.29) is 0 Å². The van der Waals surface area contributed by atoms with E-state index in [1.165, 1.54) is 0 Å². The third-order valence-corrected chi connectivity index (χ3v) is 0.602. The van der Waals surface area contributed by atoms with Crippen molar-refractivity contribution in [2.45, 2.75) is 25.9 Å². The molecule has 0 aromatic heterocycles. The third-order valence-electron chi connectivity index (χ3n) is 0.602. The first-order chi connectivity index (χ1) is 2.56. The third kappa shape index (κ3) is 3.96. The highest BCUT2D eigenvalue weighted by molar-refractivity contribution is 4.63. The van der Waals surface area contributed by atoms with Gasteiger partial charge in [-0.3, -0.25) is 0 Å².